The van der Waals surface area contributed by atoms with E-state index < -0.39 is 0 Å². The molecule has 0 radical (unpaired) electrons. The lowest BCUT2D eigenvalue weighted by Crippen LogP contribution is -2.54. The molecule has 8 nitrogen and oxygen atoms in total. The summed E-state index contributed by atoms with van der Waals surface area (Å²) in [6.07, 6.45) is 3.81. The van der Waals surface area contributed by atoms with Crippen LogP contribution in [0, 0.1) is 0 Å². The van der Waals surface area contributed by atoms with Gasteiger partial charge in [0, 0.05) is 55.6 Å². The lowest BCUT2D eigenvalue weighted by molar-refractivity contribution is 0.0415. The Balaban J connectivity index is 1.35. The number of hydrogen-bond acceptors (Lipinski definition) is 6. The summed E-state index contributed by atoms with van der Waals surface area (Å²) in [5.41, 5.74) is 4.41. The summed E-state index contributed by atoms with van der Waals surface area (Å²) in [6.45, 7) is 5.23. The van der Waals surface area contributed by atoms with Gasteiger partial charge in [-0.25, -0.2) is 9.50 Å². The normalized spacial score (nSPS) is 16.2. The van der Waals surface area contributed by atoms with Crippen LogP contribution in [0.1, 0.15) is 35.8 Å². The zero-order valence-corrected chi connectivity index (χ0v) is 21.6. The molecule has 1 atom stereocenters. The van der Waals surface area contributed by atoms with Crippen LogP contribution >= 0.6 is 0 Å². The van der Waals surface area contributed by atoms with Gasteiger partial charge in [-0.2, -0.15) is 5.10 Å². The first-order valence-corrected chi connectivity index (χ1v) is 12.8. The van der Waals surface area contributed by atoms with Crippen molar-refractivity contribution in [3.8, 4) is 22.8 Å². The van der Waals surface area contributed by atoms with Gasteiger partial charge in [-0.05, 0) is 42.8 Å². The third kappa shape index (κ3) is 5.15. The molecule has 2 aromatic carbocycles. The first kappa shape index (κ1) is 24.8. The molecule has 5 rings (SSSR count). The Bertz CT molecular complexity index is 1370. The van der Waals surface area contributed by atoms with E-state index in [0.717, 1.165) is 54.1 Å². The summed E-state index contributed by atoms with van der Waals surface area (Å²) in [6, 6.07) is 19.6. The van der Waals surface area contributed by atoms with Crippen LogP contribution in [0.5, 0.6) is 11.5 Å². The van der Waals surface area contributed by atoms with E-state index in [1.807, 2.05) is 65.2 Å². The van der Waals surface area contributed by atoms with Crippen molar-refractivity contribution in [3.05, 3.63) is 78.1 Å². The number of amides is 1. The average molecular weight is 500 g/mol. The van der Waals surface area contributed by atoms with Gasteiger partial charge in [0.25, 0.3) is 5.91 Å². The zero-order chi connectivity index (χ0) is 25.8. The third-order valence-corrected chi connectivity index (χ3v) is 6.94. The molecular weight excluding hydrogens is 466 g/mol. The van der Waals surface area contributed by atoms with Crippen LogP contribution in [0.3, 0.4) is 0 Å². The van der Waals surface area contributed by atoms with Crippen LogP contribution in [0.4, 0.5) is 0 Å². The topological polar surface area (TPSA) is 72.2 Å². The van der Waals surface area contributed by atoms with Gasteiger partial charge >= 0.3 is 0 Å². The van der Waals surface area contributed by atoms with Gasteiger partial charge in [-0.3, -0.25) is 9.69 Å². The van der Waals surface area contributed by atoms with Crippen molar-refractivity contribution < 1.29 is 14.3 Å². The summed E-state index contributed by atoms with van der Waals surface area (Å²) in [5, 5.41) is 4.91. The fraction of sp³-hybridized carbons (Fsp3) is 0.345. The van der Waals surface area contributed by atoms with Crippen LogP contribution in [0.25, 0.3) is 16.9 Å². The molecule has 0 unspecified atom stereocenters. The highest BCUT2D eigenvalue weighted by Gasteiger charge is 2.30. The van der Waals surface area contributed by atoms with E-state index in [2.05, 4.69) is 21.7 Å². The fourth-order valence-electron chi connectivity index (χ4n) is 5.12. The second-order valence-corrected chi connectivity index (χ2v) is 9.35. The minimum atomic E-state index is 0.121. The molecule has 2 aromatic heterocycles. The number of carbonyl (C=O) groups is 1. The van der Waals surface area contributed by atoms with E-state index in [0.29, 0.717) is 24.6 Å². The molecule has 192 valence electrons. The van der Waals surface area contributed by atoms with Crippen molar-refractivity contribution in [2.75, 3.05) is 33.9 Å². The summed E-state index contributed by atoms with van der Waals surface area (Å²) >= 11 is 0. The maximum atomic E-state index is 13.2. The van der Waals surface area contributed by atoms with Crippen LogP contribution in [-0.2, 0) is 6.54 Å². The number of methoxy groups -OCH3 is 2. The highest BCUT2D eigenvalue weighted by Crippen LogP contribution is 2.32. The minimum Gasteiger partial charge on any atom is -0.493 e. The monoisotopic (exact) mass is 499 g/mol. The second kappa shape index (κ2) is 11.0. The first-order valence-electron chi connectivity index (χ1n) is 12.8. The number of carbonyl (C=O) groups excluding carboxylic acids is 1. The van der Waals surface area contributed by atoms with Crippen molar-refractivity contribution >= 4 is 11.6 Å². The highest BCUT2D eigenvalue weighted by atomic mass is 16.5. The van der Waals surface area contributed by atoms with Crippen LogP contribution in [-0.4, -0.2) is 70.2 Å². The maximum Gasteiger partial charge on any atom is 0.254 e. The van der Waals surface area contributed by atoms with Crippen molar-refractivity contribution in [2.45, 2.75) is 32.4 Å². The van der Waals surface area contributed by atoms with E-state index in [4.69, 9.17) is 14.6 Å². The zero-order valence-electron chi connectivity index (χ0n) is 21.6. The standard InChI is InChI=1S/C29H33N5O3/c1-4-8-24-20-32(15-16-33(24)29(35)21-9-6-5-7-10-21)19-23-18-28-30-14-13-25(34(28)31-23)22-11-12-26(36-2)27(17-22)37-3/h5-7,9-14,17-18,24H,4,8,15-16,19-20H2,1-3H3/t24-/m0/s1. The Kier molecular flexibility index (Phi) is 7.37. The smallest absolute Gasteiger partial charge is 0.254 e. The van der Waals surface area contributed by atoms with E-state index in [9.17, 15) is 4.79 Å². The van der Waals surface area contributed by atoms with Crippen LogP contribution < -0.4 is 9.47 Å². The quantitative estimate of drug-likeness (QED) is 0.355. The van der Waals surface area contributed by atoms with E-state index >= 15 is 0 Å². The number of piperazine rings is 1. The molecule has 1 amide bonds. The highest BCUT2D eigenvalue weighted by molar-refractivity contribution is 5.94. The number of rotatable bonds is 8. The van der Waals surface area contributed by atoms with E-state index in [1.165, 1.54) is 0 Å². The van der Waals surface area contributed by atoms with Crippen molar-refractivity contribution in [1.29, 1.82) is 0 Å². The molecule has 1 aliphatic heterocycles. The van der Waals surface area contributed by atoms with E-state index in [1.54, 1.807) is 20.4 Å². The number of hydrogen-bond donors (Lipinski definition) is 0. The Morgan fingerprint density at radius 1 is 1.00 bits per heavy atom. The predicted octanol–water partition coefficient (Wildman–Crippen LogP) is 4.54. The Hall–Kier alpha value is -3.91. The molecule has 0 bridgehead atoms. The van der Waals surface area contributed by atoms with Gasteiger partial charge in [0.05, 0.1) is 25.6 Å². The fourth-order valence-corrected chi connectivity index (χ4v) is 5.12. The summed E-state index contributed by atoms with van der Waals surface area (Å²) in [7, 11) is 3.26. The van der Waals surface area contributed by atoms with Crippen molar-refractivity contribution in [1.82, 2.24) is 24.4 Å². The van der Waals surface area contributed by atoms with Crippen molar-refractivity contribution in [2.24, 2.45) is 0 Å². The summed E-state index contributed by atoms with van der Waals surface area (Å²) in [5.74, 6) is 1.47. The predicted molar refractivity (Wildman–Crippen MR) is 143 cm³/mol. The summed E-state index contributed by atoms with van der Waals surface area (Å²) in [4.78, 5) is 22.2. The van der Waals surface area contributed by atoms with Gasteiger partial charge in [0.2, 0.25) is 0 Å². The molecule has 0 aliphatic carbocycles. The Labute approximate surface area is 217 Å². The Morgan fingerprint density at radius 2 is 1.81 bits per heavy atom. The molecular formula is C29H33N5O3. The molecule has 0 N–H and O–H groups in total. The molecule has 3 heterocycles. The number of fused-ring (bicyclic) bond motifs is 1. The SMILES string of the molecule is CCC[C@H]1CN(Cc2cc3nccc(-c4ccc(OC)c(OC)c4)n3n2)CCN1C(=O)c1ccccc1. The average Bonchev–Trinajstić information content (AvgIpc) is 3.35. The first-order chi connectivity index (χ1) is 18.1. The largest absolute Gasteiger partial charge is 0.493 e. The minimum absolute atomic E-state index is 0.121. The number of nitrogens with zero attached hydrogens (tertiary/aromatic N) is 5. The molecule has 8 heteroatoms. The maximum absolute atomic E-state index is 13.2. The number of aromatic nitrogens is 3. The third-order valence-electron chi connectivity index (χ3n) is 6.94. The van der Waals surface area contributed by atoms with Gasteiger partial charge in [-0.15, -0.1) is 0 Å². The van der Waals surface area contributed by atoms with Gasteiger partial charge in [0.15, 0.2) is 17.1 Å². The van der Waals surface area contributed by atoms with Crippen LogP contribution in [0.15, 0.2) is 66.9 Å². The van der Waals surface area contributed by atoms with Gasteiger partial charge in [0.1, 0.15) is 0 Å². The molecule has 0 spiro atoms. The molecule has 4 aromatic rings. The van der Waals surface area contributed by atoms with E-state index in [-0.39, 0.29) is 11.9 Å². The molecule has 0 saturated carbocycles. The lowest BCUT2D eigenvalue weighted by Gasteiger charge is -2.41. The molecule has 1 fully saturated rings. The second-order valence-electron chi connectivity index (χ2n) is 9.35. The number of benzene rings is 2. The summed E-state index contributed by atoms with van der Waals surface area (Å²) < 4.78 is 12.8. The molecule has 1 aliphatic rings. The van der Waals surface area contributed by atoms with Gasteiger partial charge < -0.3 is 14.4 Å². The van der Waals surface area contributed by atoms with Crippen molar-refractivity contribution in [3.63, 3.8) is 0 Å². The lowest BCUT2D eigenvalue weighted by atomic mass is 10.0. The van der Waals surface area contributed by atoms with Crippen LogP contribution in [0.2, 0.25) is 0 Å². The molecule has 37 heavy (non-hydrogen) atoms. The van der Waals surface area contributed by atoms with Gasteiger partial charge in [-0.1, -0.05) is 31.5 Å². The Morgan fingerprint density at radius 3 is 2.57 bits per heavy atom. The number of ether oxygens (including phenoxy) is 2. The molecule has 1 saturated heterocycles.